The minimum absolute atomic E-state index is 0.344. The summed E-state index contributed by atoms with van der Waals surface area (Å²) in [5, 5.41) is 0. The smallest absolute Gasteiger partial charge is 0.338 e. The Morgan fingerprint density at radius 2 is 2.11 bits per heavy atom. The molecule has 5 heteroatoms. The molecule has 0 spiro atoms. The molecule has 0 amide bonds. The van der Waals surface area contributed by atoms with E-state index in [1.165, 1.54) is 19.4 Å². The van der Waals surface area contributed by atoms with Crippen molar-refractivity contribution in [3.8, 4) is 11.6 Å². The Kier molecular flexibility index (Phi) is 3.94. The zero-order chi connectivity index (χ0) is 13.0. The lowest BCUT2D eigenvalue weighted by molar-refractivity contribution is 0.0600. The Morgan fingerprint density at radius 1 is 1.28 bits per heavy atom. The van der Waals surface area contributed by atoms with E-state index in [0.29, 0.717) is 17.2 Å². The van der Waals surface area contributed by atoms with E-state index in [1.54, 1.807) is 12.1 Å². The maximum atomic E-state index is 11.4. The average Bonchev–Trinajstić information content (AvgIpc) is 2.38. The third-order valence-electron chi connectivity index (χ3n) is 2.17. The normalized spacial score (nSPS) is 9.89. The summed E-state index contributed by atoms with van der Waals surface area (Å²) >= 11 is 3.35. The van der Waals surface area contributed by atoms with Gasteiger partial charge in [0.15, 0.2) is 0 Å². The summed E-state index contributed by atoms with van der Waals surface area (Å²) in [5.74, 6) is 0.561. The summed E-state index contributed by atoms with van der Waals surface area (Å²) in [6.07, 6.45) is 1.50. The van der Waals surface area contributed by atoms with Crippen molar-refractivity contribution in [1.29, 1.82) is 0 Å². The number of pyridine rings is 1. The van der Waals surface area contributed by atoms with E-state index in [1.807, 2.05) is 18.2 Å². The number of aromatic nitrogens is 1. The van der Waals surface area contributed by atoms with Crippen LogP contribution in [-0.2, 0) is 4.74 Å². The summed E-state index contributed by atoms with van der Waals surface area (Å²) < 4.78 is 11.1. The number of rotatable bonds is 3. The molecule has 2 aromatic rings. The van der Waals surface area contributed by atoms with Crippen LogP contribution in [0, 0.1) is 0 Å². The van der Waals surface area contributed by atoms with E-state index in [4.69, 9.17) is 4.74 Å². The molecule has 1 aromatic heterocycles. The maximum absolute atomic E-state index is 11.4. The van der Waals surface area contributed by atoms with Gasteiger partial charge >= 0.3 is 5.97 Å². The number of hydrogen-bond acceptors (Lipinski definition) is 4. The molecule has 4 nitrogen and oxygen atoms in total. The van der Waals surface area contributed by atoms with E-state index in [0.717, 1.165) is 4.47 Å². The predicted molar refractivity (Wildman–Crippen MR) is 69.8 cm³/mol. The van der Waals surface area contributed by atoms with E-state index < -0.39 is 5.97 Å². The predicted octanol–water partition coefficient (Wildman–Crippen LogP) is 3.42. The minimum atomic E-state index is -0.420. The standard InChI is InChI=1S/C13H10BrNO3/c1-17-13(16)9-5-6-15-12(7-9)18-11-4-2-3-10(14)8-11/h2-8H,1H3. The molecule has 0 saturated heterocycles. The quantitative estimate of drug-likeness (QED) is 0.815. The van der Waals surface area contributed by atoms with Gasteiger partial charge in [-0.1, -0.05) is 22.0 Å². The molecule has 0 aliphatic carbocycles. The van der Waals surface area contributed by atoms with Crippen molar-refractivity contribution in [1.82, 2.24) is 4.98 Å². The van der Waals surface area contributed by atoms with Gasteiger partial charge in [-0.2, -0.15) is 0 Å². The topological polar surface area (TPSA) is 48.4 Å². The van der Waals surface area contributed by atoms with Gasteiger partial charge < -0.3 is 9.47 Å². The van der Waals surface area contributed by atoms with Crippen LogP contribution in [0.15, 0.2) is 47.1 Å². The van der Waals surface area contributed by atoms with Gasteiger partial charge in [0.1, 0.15) is 5.75 Å². The lowest BCUT2D eigenvalue weighted by atomic mass is 10.3. The summed E-state index contributed by atoms with van der Waals surface area (Å²) in [6, 6.07) is 10.5. The monoisotopic (exact) mass is 307 g/mol. The Hall–Kier alpha value is -1.88. The Labute approximate surface area is 113 Å². The van der Waals surface area contributed by atoms with Crippen LogP contribution in [0.4, 0.5) is 0 Å². The number of benzene rings is 1. The van der Waals surface area contributed by atoms with Crippen molar-refractivity contribution >= 4 is 21.9 Å². The first kappa shape index (κ1) is 12.6. The van der Waals surface area contributed by atoms with Crippen molar-refractivity contribution in [3.05, 3.63) is 52.6 Å². The number of ether oxygens (including phenoxy) is 2. The van der Waals surface area contributed by atoms with Gasteiger partial charge in [-0.3, -0.25) is 0 Å². The first-order chi connectivity index (χ1) is 8.69. The van der Waals surface area contributed by atoms with Crippen molar-refractivity contribution in [2.45, 2.75) is 0 Å². The van der Waals surface area contributed by atoms with E-state index in [9.17, 15) is 4.79 Å². The van der Waals surface area contributed by atoms with Crippen molar-refractivity contribution in [3.63, 3.8) is 0 Å². The van der Waals surface area contributed by atoms with Crippen molar-refractivity contribution in [2.75, 3.05) is 7.11 Å². The Morgan fingerprint density at radius 3 is 2.83 bits per heavy atom. The molecule has 0 radical (unpaired) electrons. The molecule has 0 bridgehead atoms. The SMILES string of the molecule is COC(=O)c1ccnc(Oc2cccc(Br)c2)c1. The number of carbonyl (C=O) groups excluding carboxylic acids is 1. The molecule has 18 heavy (non-hydrogen) atoms. The third-order valence-corrected chi connectivity index (χ3v) is 2.67. The van der Waals surface area contributed by atoms with Crippen LogP contribution >= 0.6 is 15.9 Å². The molecule has 0 N–H and O–H groups in total. The number of halogens is 1. The van der Waals surface area contributed by atoms with Crippen molar-refractivity contribution in [2.24, 2.45) is 0 Å². The molecule has 0 aliphatic heterocycles. The van der Waals surface area contributed by atoms with Gasteiger partial charge in [-0.25, -0.2) is 9.78 Å². The number of methoxy groups -OCH3 is 1. The van der Waals surface area contributed by atoms with E-state index in [-0.39, 0.29) is 0 Å². The van der Waals surface area contributed by atoms with Gasteiger partial charge in [0, 0.05) is 16.7 Å². The van der Waals surface area contributed by atoms with Crippen LogP contribution in [0.5, 0.6) is 11.6 Å². The highest BCUT2D eigenvalue weighted by Crippen LogP contribution is 2.23. The fourth-order valence-corrected chi connectivity index (χ4v) is 1.74. The maximum Gasteiger partial charge on any atom is 0.338 e. The van der Waals surface area contributed by atoms with Crippen molar-refractivity contribution < 1.29 is 14.3 Å². The molecule has 1 aromatic carbocycles. The average molecular weight is 308 g/mol. The van der Waals surface area contributed by atoms with Gasteiger partial charge in [-0.05, 0) is 24.3 Å². The fourth-order valence-electron chi connectivity index (χ4n) is 1.36. The van der Waals surface area contributed by atoms with Crippen LogP contribution in [0.2, 0.25) is 0 Å². The van der Waals surface area contributed by atoms with Crippen LogP contribution < -0.4 is 4.74 Å². The molecule has 0 saturated carbocycles. The fraction of sp³-hybridized carbons (Fsp3) is 0.0769. The summed E-state index contributed by atoms with van der Waals surface area (Å²) in [6.45, 7) is 0. The second-order valence-corrected chi connectivity index (χ2v) is 4.35. The second-order valence-electron chi connectivity index (χ2n) is 3.43. The molecule has 92 valence electrons. The summed E-state index contributed by atoms with van der Waals surface area (Å²) in [7, 11) is 1.33. The van der Waals surface area contributed by atoms with Crippen LogP contribution in [0.3, 0.4) is 0 Å². The number of esters is 1. The highest BCUT2D eigenvalue weighted by Gasteiger charge is 2.07. The van der Waals surface area contributed by atoms with E-state index in [2.05, 4.69) is 25.7 Å². The molecule has 0 fully saturated rings. The molecular weight excluding hydrogens is 298 g/mol. The molecule has 0 atom stereocenters. The highest BCUT2D eigenvalue weighted by molar-refractivity contribution is 9.10. The largest absolute Gasteiger partial charge is 0.465 e. The van der Waals surface area contributed by atoms with E-state index >= 15 is 0 Å². The zero-order valence-electron chi connectivity index (χ0n) is 9.59. The molecule has 0 aliphatic rings. The first-order valence-corrected chi connectivity index (χ1v) is 5.96. The van der Waals surface area contributed by atoms with Gasteiger partial charge in [-0.15, -0.1) is 0 Å². The molecule has 0 unspecified atom stereocenters. The van der Waals surface area contributed by atoms with Gasteiger partial charge in [0.05, 0.1) is 12.7 Å². The second kappa shape index (κ2) is 5.64. The first-order valence-electron chi connectivity index (χ1n) is 5.17. The molecule has 2 rings (SSSR count). The zero-order valence-corrected chi connectivity index (χ0v) is 11.2. The lowest BCUT2D eigenvalue weighted by Gasteiger charge is -2.06. The minimum Gasteiger partial charge on any atom is -0.465 e. The molecular formula is C13H10BrNO3. The summed E-state index contributed by atoms with van der Waals surface area (Å²) in [5.41, 5.74) is 0.400. The Bertz CT molecular complexity index is 572. The molecule has 1 heterocycles. The number of nitrogens with zero attached hydrogens (tertiary/aromatic N) is 1. The number of carbonyl (C=O) groups is 1. The van der Waals surface area contributed by atoms with Gasteiger partial charge in [0.2, 0.25) is 5.88 Å². The summed E-state index contributed by atoms with van der Waals surface area (Å²) in [4.78, 5) is 15.4. The van der Waals surface area contributed by atoms with Crippen LogP contribution in [-0.4, -0.2) is 18.1 Å². The highest BCUT2D eigenvalue weighted by atomic mass is 79.9. The van der Waals surface area contributed by atoms with Gasteiger partial charge in [0.25, 0.3) is 0 Å². The van der Waals surface area contributed by atoms with Crippen LogP contribution in [0.25, 0.3) is 0 Å². The number of hydrogen-bond donors (Lipinski definition) is 0. The third kappa shape index (κ3) is 3.07. The Balaban J connectivity index is 2.22. The lowest BCUT2D eigenvalue weighted by Crippen LogP contribution is -2.01. The van der Waals surface area contributed by atoms with Crippen LogP contribution in [0.1, 0.15) is 10.4 Å².